The molecule has 0 radical (unpaired) electrons. The van der Waals surface area contributed by atoms with E-state index in [0.29, 0.717) is 12.3 Å². The molecule has 0 saturated heterocycles. The standard InChI is InChI=1S/C16H17NO2/c1-13-6-3-4-7-14(13)12-17(2)16(18)10-9-15-8-5-11-19-15/h3-11H,12H2,1-2H3/b10-9+. The number of carbonyl (C=O) groups is 1. The summed E-state index contributed by atoms with van der Waals surface area (Å²) >= 11 is 0. The smallest absolute Gasteiger partial charge is 0.246 e. The lowest BCUT2D eigenvalue weighted by Gasteiger charge is -2.16. The second kappa shape index (κ2) is 6.05. The third kappa shape index (κ3) is 3.58. The number of furan rings is 1. The molecule has 1 heterocycles. The van der Waals surface area contributed by atoms with Crippen LogP contribution < -0.4 is 0 Å². The molecule has 0 bridgehead atoms. The van der Waals surface area contributed by atoms with Crippen LogP contribution in [0.3, 0.4) is 0 Å². The third-order valence-electron chi connectivity index (χ3n) is 2.98. The molecule has 0 aliphatic heterocycles. The Morgan fingerprint density at radius 1 is 1.26 bits per heavy atom. The van der Waals surface area contributed by atoms with Crippen LogP contribution in [0.1, 0.15) is 16.9 Å². The molecule has 0 aliphatic carbocycles. The zero-order chi connectivity index (χ0) is 13.7. The van der Waals surface area contributed by atoms with Gasteiger partial charge in [-0.05, 0) is 36.3 Å². The summed E-state index contributed by atoms with van der Waals surface area (Å²) in [5.41, 5.74) is 2.35. The number of hydrogen-bond donors (Lipinski definition) is 0. The average molecular weight is 255 g/mol. The first kappa shape index (κ1) is 13.1. The van der Waals surface area contributed by atoms with Crippen molar-refractivity contribution in [2.24, 2.45) is 0 Å². The van der Waals surface area contributed by atoms with Gasteiger partial charge < -0.3 is 9.32 Å². The van der Waals surface area contributed by atoms with E-state index in [9.17, 15) is 4.79 Å². The zero-order valence-corrected chi connectivity index (χ0v) is 11.2. The Bertz CT molecular complexity index is 570. The maximum Gasteiger partial charge on any atom is 0.246 e. The van der Waals surface area contributed by atoms with Crippen molar-refractivity contribution in [3.63, 3.8) is 0 Å². The third-order valence-corrected chi connectivity index (χ3v) is 2.98. The summed E-state index contributed by atoms with van der Waals surface area (Å²) in [6, 6.07) is 11.7. The van der Waals surface area contributed by atoms with Crippen LogP contribution in [0.25, 0.3) is 6.08 Å². The molecule has 2 rings (SSSR count). The van der Waals surface area contributed by atoms with Crippen molar-refractivity contribution >= 4 is 12.0 Å². The number of hydrogen-bond acceptors (Lipinski definition) is 2. The zero-order valence-electron chi connectivity index (χ0n) is 11.2. The number of likely N-dealkylation sites (N-methyl/N-ethyl adjacent to an activating group) is 1. The minimum atomic E-state index is -0.0420. The molecule has 0 fully saturated rings. The summed E-state index contributed by atoms with van der Waals surface area (Å²) in [6.45, 7) is 2.65. The molecule has 3 nitrogen and oxygen atoms in total. The Kier molecular flexibility index (Phi) is 4.18. The first-order valence-corrected chi connectivity index (χ1v) is 6.18. The molecule has 19 heavy (non-hydrogen) atoms. The molecular weight excluding hydrogens is 238 g/mol. The van der Waals surface area contributed by atoms with E-state index in [2.05, 4.69) is 0 Å². The highest BCUT2D eigenvalue weighted by Crippen LogP contribution is 2.10. The van der Waals surface area contributed by atoms with E-state index in [-0.39, 0.29) is 5.91 Å². The molecule has 3 heteroatoms. The molecule has 1 aromatic heterocycles. The van der Waals surface area contributed by atoms with Gasteiger partial charge in [-0.3, -0.25) is 4.79 Å². The van der Waals surface area contributed by atoms with Gasteiger partial charge in [0.2, 0.25) is 5.91 Å². The van der Waals surface area contributed by atoms with Gasteiger partial charge in [-0.2, -0.15) is 0 Å². The summed E-state index contributed by atoms with van der Waals surface area (Å²) in [5, 5.41) is 0. The molecule has 98 valence electrons. The van der Waals surface area contributed by atoms with Gasteiger partial charge in [0.1, 0.15) is 5.76 Å². The number of amides is 1. The van der Waals surface area contributed by atoms with E-state index in [0.717, 1.165) is 5.56 Å². The molecule has 0 unspecified atom stereocenters. The molecule has 0 atom stereocenters. The van der Waals surface area contributed by atoms with Crippen molar-refractivity contribution in [1.82, 2.24) is 4.90 Å². The summed E-state index contributed by atoms with van der Waals surface area (Å²) < 4.78 is 5.14. The molecule has 1 aromatic carbocycles. The predicted octanol–water partition coefficient (Wildman–Crippen LogP) is 3.26. The van der Waals surface area contributed by atoms with E-state index >= 15 is 0 Å². The first-order chi connectivity index (χ1) is 9.16. The fourth-order valence-electron chi connectivity index (χ4n) is 1.79. The summed E-state index contributed by atoms with van der Waals surface area (Å²) in [6.07, 6.45) is 4.79. The van der Waals surface area contributed by atoms with Gasteiger partial charge in [-0.15, -0.1) is 0 Å². The fourth-order valence-corrected chi connectivity index (χ4v) is 1.79. The van der Waals surface area contributed by atoms with Crippen LogP contribution in [0.4, 0.5) is 0 Å². The summed E-state index contributed by atoms with van der Waals surface area (Å²) in [7, 11) is 1.79. The van der Waals surface area contributed by atoms with Crippen LogP contribution in [-0.4, -0.2) is 17.9 Å². The Labute approximate surface area is 113 Å². The van der Waals surface area contributed by atoms with Crippen molar-refractivity contribution in [2.75, 3.05) is 7.05 Å². The Morgan fingerprint density at radius 2 is 2.05 bits per heavy atom. The number of benzene rings is 1. The minimum Gasteiger partial charge on any atom is -0.465 e. The highest BCUT2D eigenvalue weighted by Gasteiger charge is 2.07. The van der Waals surface area contributed by atoms with Crippen molar-refractivity contribution in [2.45, 2.75) is 13.5 Å². The number of carbonyl (C=O) groups excluding carboxylic acids is 1. The van der Waals surface area contributed by atoms with Crippen LogP contribution >= 0.6 is 0 Å². The SMILES string of the molecule is Cc1ccccc1CN(C)C(=O)/C=C/c1ccco1. The quantitative estimate of drug-likeness (QED) is 0.786. The first-order valence-electron chi connectivity index (χ1n) is 6.18. The molecule has 1 amide bonds. The van der Waals surface area contributed by atoms with Gasteiger partial charge in [0, 0.05) is 19.7 Å². The highest BCUT2D eigenvalue weighted by molar-refractivity contribution is 5.91. The minimum absolute atomic E-state index is 0.0420. The van der Waals surface area contributed by atoms with Crippen LogP contribution in [0.2, 0.25) is 0 Å². The lowest BCUT2D eigenvalue weighted by molar-refractivity contribution is -0.125. The number of aryl methyl sites for hydroxylation is 1. The fraction of sp³-hybridized carbons (Fsp3) is 0.188. The van der Waals surface area contributed by atoms with Crippen LogP contribution in [0, 0.1) is 6.92 Å². The molecule has 0 N–H and O–H groups in total. The van der Waals surface area contributed by atoms with E-state index in [4.69, 9.17) is 4.42 Å². The van der Waals surface area contributed by atoms with E-state index in [1.807, 2.05) is 37.3 Å². The van der Waals surface area contributed by atoms with E-state index in [1.165, 1.54) is 11.6 Å². The monoisotopic (exact) mass is 255 g/mol. The Hall–Kier alpha value is -2.29. The van der Waals surface area contributed by atoms with Gasteiger partial charge in [-0.1, -0.05) is 24.3 Å². The van der Waals surface area contributed by atoms with Crippen molar-refractivity contribution in [3.05, 3.63) is 65.6 Å². The predicted molar refractivity (Wildman–Crippen MR) is 75.4 cm³/mol. The lowest BCUT2D eigenvalue weighted by Crippen LogP contribution is -2.24. The lowest BCUT2D eigenvalue weighted by atomic mass is 10.1. The summed E-state index contributed by atoms with van der Waals surface area (Å²) in [4.78, 5) is 13.6. The van der Waals surface area contributed by atoms with Gasteiger partial charge in [0.15, 0.2) is 0 Å². The topological polar surface area (TPSA) is 33.5 Å². The normalized spacial score (nSPS) is 10.8. The maximum atomic E-state index is 12.0. The molecule has 0 aliphatic rings. The van der Waals surface area contributed by atoms with Crippen molar-refractivity contribution in [3.8, 4) is 0 Å². The van der Waals surface area contributed by atoms with Gasteiger partial charge in [-0.25, -0.2) is 0 Å². The molecular formula is C16H17NO2. The van der Waals surface area contributed by atoms with Crippen LogP contribution in [0.15, 0.2) is 53.2 Å². The van der Waals surface area contributed by atoms with Crippen molar-refractivity contribution in [1.29, 1.82) is 0 Å². The molecule has 2 aromatic rings. The Morgan fingerprint density at radius 3 is 2.74 bits per heavy atom. The number of nitrogens with zero attached hydrogens (tertiary/aromatic N) is 1. The Balaban J connectivity index is 1.98. The van der Waals surface area contributed by atoms with Gasteiger partial charge >= 0.3 is 0 Å². The maximum absolute atomic E-state index is 12.0. The van der Waals surface area contributed by atoms with Gasteiger partial charge in [0.25, 0.3) is 0 Å². The highest BCUT2D eigenvalue weighted by atomic mass is 16.3. The average Bonchev–Trinajstić information content (AvgIpc) is 2.91. The number of rotatable bonds is 4. The van der Waals surface area contributed by atoms with Crippen LogP contribution in [0.5, 0.6) is 0 Å². The second-order valence-electron chi connectivity index (χ2n) is 4.47. The molecule has 0 saturated carbocycles. The van der Waals surface area contributed by atoms with Gasteiger partial charge in [0.05, 0.1) is 6.26 Å². The second-order valence-corrected chi connectivity index (χ2v) is 4.47. The summed E-state index contributed by atoms with van der Waals surface area (Å²) in [5.74, 6) is 0.636. The van der Waals surface area contributed by atoms with E-state index < -0.39 is 0 Å². The largest absolute Gasteiger partial charge is 0.465 e. The van der Waals surface area contributed by atoms with E-state index in [1.54, 1.807) is 30.4 Å². The molecule has 0 spiro atoms. The van der Waals surface area contributed by atoms with Crippen LogP contribution in [-0.2, 0) is 11.3 Å². The van der Waals surface area contributed by atoms with Crippen molar-refractivity contribution < 1.29 is 9.21 Å².